The van der Waals surface area contributed by atoms with Crippen LogP contribution in [-0.4, -0.2) is 62.2 Å². The van der Waals surface area contributed by atoms with Gasteiger partial charge in [-0.1, -0.05) is 31.0 Å². The molecule has 3 aliphatic rings. The highest BCUT2D eigenvalue weighted by molar-refractivity contribution is 6.00. The maximum atomic E-state index is 14.0. The average molecular weight is 550 g/mol. The molecule has 6 rings (SSSR count). The minimum Gasteiger partial charge on any atom is -0.378 e. The molecule has 2 aliphatic heterocycles. The summed E-state index contributed by atoms with van der Waals surface area (Å²) in [5.74, 6) is 1.13. The van der Waals surface area contributed by atoms with Gasteiger partial charge in [-0.2, -0.15) is 5.10 Å². The van der Waals surface area contributed by atoms with Crippen molar-refractivity contribution in [1.82, 2.24) is 29.9 Å². The van der Waals surface area contributed by atoms with Crippen LogP contribution in [0.5, 0.6) is 0 Å². The number of nitrogens with one attached hydrogen (secondary N) is 1. The van der Waals surface area contributed by atoms with Gasteiger partial charge in [-0.3, -0.25) is 14.5 Å². The number of aromatic nitrogens is 5. The Morgan fingerprint density at radius 3 is 2.90 bits per heavy atom. The molecule has 40 heavy (non-hydrogen) atoms. The summed E-state index contributed by atoms with van der Waals surface area (Å²) in [5, 5.41) is 11.7. The molecule has 2 bridgehead atoms. The molecule has 1 N–H and O–H groups in total. The summed E-state index contributed by atoms with van der Waals surface area (Å²) in [4.78, 5) is 31.7. The van der Waals surface area contributed by atoms with Crippen LogP contribution in [0.25, 0.3) is 0 Å². The van der Waals surface area contributed by atoms with Crippen molar-refractivity contribution in [1.29, 1.82) is 0 Å². The maximum absolute atomic E-state index is 14.0. The number of hydrogen-bond donors (Lipinski definition) is 1. The number of ether oxygens (including phenoxy) is 1. The van der Waals surface area contributed by atoms with E-state index in [4.69, 9.17) is 9.84 Å². The van der Waals surface area contributed by atoms with E-state index in [0.29, 0.717) is 24.6 Å². The van der Waals surface area contributed by atoms with Gasteiger partial charge in [0.25, 0.3) is 11.8 Å². The summed E-state index contributed by atoms with van der Waals surface area (Å²) in [6.07, 6.45) is 10.5. The zero-order chi connectivity index (χ0) is 27.6. The van der Waals surface area contributed by atoms with Crippen LogP contribution >= 0.6 is 0 Å². The fourth-order valence-electron chi connectivity index (χ4n) is 6.39. The number of halogens is 1. The van der Waals surface area contributed by atoms with E-state index in [1.807, 2.05) is 10.7 Å². The topological polar surface area (TPSA) is 107 Å². The summed E-state index contributed by atoms with van der Waals surface area (Å²) in [6, 6.07) is 7.64. The summed E-state index contributed by atoms with van der Waals surface area (Å²) < 4.78 is 23.1. The molecular formula is C29H36FN7O3. The van der Waals surface area contributed by atoms with Gasteiger partial charge in [0.15, 0.2) is 0 Å². The molecule has 212 valence electrons. The van der Waals surface area contributed by atoms with Gasteiger partial charge in [0.2, 0.25) is 5.82 Å². The molecule has 3 aromatic rings. The van der Waals surface area contributed by atoms with E-state index in [9.17, 15) is 14.0 Å². The van der Waals surface area contributed by atoms with Gasteiger partial charge in [-0.15, -0.1) is 5.10 Å². The molecule has 2 aromatic heterocycles. The Balaban J connectivity index is 1.00. The standard InChI is InChI=1S/C29H36FN7O3/c1-35-26-15-22(8-4-2-6-19-12-20-14-23(13-19)40-17-20)33-37(26)11-10-25(29(35)39)32-28(38)27-31-18-36(34-27)16-21-7-3-5-9-24(21)30/h3,5,7,9,15,18-20,23,25H,2,4,6,8,10-14,16-17H2,1H3,(H,32,38)/t19?,20?,23?,25-/m0/s1. The highest BCUT2D eigenvalue weighted by atomic mass is 19.1. The SMILES string of the molecule is CN1C(=O)[C@@H](NC(=O)c2ncn(Cc3ccccc3F)n2)CCn2nc(CCCCC3CC4COC(C3)C4)cc21. The van der Waals surface area contributed by atoms with E-state index < -0.39 is 11.9 Å². The van der Waals surface area contributed by atoms with Crippen molar-refractivity contribution in [2.24, 2.45) is 11.8 Å². The highest BCUT2D eigenvalue weighted by Crippen LogP contribution is 2.38. The Labute approximate surface area is 232 Å². The lowest BCUT2D eigenvalue weighted by molar-refractivity contribution is -0.120. The number of anilines is 1. The first kappa shape index (κ1) is 26.6. The number of carbonyl (C=O) groups excluding carboxylic acids is 2. The second-order valence-corrected chi connectivity index (χ2v) is 11.4. The minimum absolute atomic E-state index is 0.0653. The van der Waals surface area contributed by atoms with Crippen LogP contribution in [0.2, 0.25) is 0 Å². The van der Waals surface area contributed by atoms with Crippen molar-refractivity contribution < 1.29 is 18.7 Å². The summed E-state index contributed by atoms with van der Waals surface area (Å²) in [6.45, 7) is 1.62. The normalized spacial score (nSPS) is 24.1. The van der Waals surface area contributed by atoms with Gasteiger partial charge in [0.1, 0.15) is 24.0 Å². The van der Waals surface area contributed by atoms with Gasteiger partial charge in [-0.25, -0.2) is 18.7 Å². The molecule has 0 spiro atoms. The molecule has 10 nitrogen and oxygen atoms in total. The van der Waals surface area contributed by atoms with E-state index >= 15 is 0 Å². The van der Waals surface area contributed by atoms with Gasteiger partial charge >= 0.3 is 0 Å². The van der Waals surface area contributed by atoms with E-state index in [1.165, 1.54) is 49.2 Å². The van der Waals surface area contributed by atoms with E-state index in [0.717, 1.165) is 42.8 Å². The highest BCUT2D eigenvalue weighted by Gasteiger charge is 2.35. The van der Waals surface area contributed by atoms with E-state index in [1.54, 1.807) is 30.1 Å². The summed E-state index contributed by atoms with van der Waals surface area (Å²) in [5.41, 5.74) is 1.44. The number of hydrogen-bond acceptors (Lipinski definition) is 6. The smallest absolute Gasteiger partial charge is 0.291 e. The van der Waals surface area contributed by atoms with Crippen LogP contribution < -0.4 is 10.2 Å². The lowest BCUT2D eigenvalue weighted by Crippen LogP contribution is -2.47. The zero-order valence-electron chi connectivity index (χ0n) is 22.8. The van der Waals surface area contributed by atoms with Crippen molar-refractivity contribution in [3.8, 4) is 0 Å². The van der Waals surface area contributed by atoms with Gasteiger partial charge < -0.3 is 10.1 Å². The van der Waals surface area contributed by atoms with Crippen LogP contribution in [0.15, 0.2) is 36.7 Å². The number of benzene rings is 1. The number of amides is 2. The van der Waals surface area contributed by atoms with Crippen molar-refractivity contribution in [3.63, 3.8) is 0 Å². The van der Waals surface area contributed by atoms with Crippen LogP contribution in [0, 0.1) is 17.7 Å². The van der Waals surface area contributed by atoms with Gasteiger partial charge in [0.05, 0.1) is 18.3 Å². The molecular weight excluding hydrogens is 513 g/mol. The lowest BCUT2D eigenvalue weighted by Gasteiger charge is -2.25. The Hall–Kier alpha value is -3.60. The molecule has 1 aliphatic carbocycles. The molecule has 3 unspecified atom stereocenters. The Morgan fingerprint density at radius 2 is 2.05 bits per heavy atom. The third kappa shape index (κ3) is 5.79. The minimum atomic E-state index is -0.726. The van der Waals surface area contributed by atoms with E-state index in [2.05, 4.69) is 15.4 Å². The molecule has 1 saturated heterocycles. The molecule has 1 aromatic carbocycles. The predicted molar refractivity (Wildman–Crippen MR) is 145 cm³/mol. The van der Waals surface area contributed by atoms with Crippen molar-refractivity contribution in [2.75, 3.05) is 18.6 Å². The van der Waals surface area contributed by atoms with Crippen molar-refractivity contribution in [2.45, 2.75) is 76.6 Å². The predicted octanol–water partition coefficient (Wildman–Crippen LogP) is 3.36. The fourth-order valence-corrected chi connectivity index (χ4v) is 6.39. The monoisotopic (exact) mass is 549 g/mol. The van der Waals surface area contributed by atoms with Gasteiger partial charge in [0, 0.05) is 31.8 Å². The second kappa shape index (κ2) is 11.5. The molecule has 4 heterocycles. The molecule has 4 atom stereocenters. The van der Waals surface area contributed by atoms with E-state index in [-0.39, 0.29) is 24.1 Å². The Kier molecular flexibility index (Phi) is 7.64. The van der Waals surface area contributed by atoms with Gasteiger partial charge in [-0.05, 0) is 56.4 Å². The number of aryl methyl sites for hydroxylation is 2. The molecule has 2 amide bonds. The summed E-state index contributed by atoms with van der Waals surface area (Å²) >= 11 is 0. The Bertz CT molecular complexity index is 1360. The molecule has 0 radical (unpaired) electrons. The quantitative estimate of drug-likeness (QED) is 0.410. The largest absolute Gasteiger partial charge is 0.378 e. The number of unbranched alkanes of at least 4 members (excludes halogenated alkanes) is 1. The van der Waals surface area contributed by atoms with Crippen molar-refractivity contribution in [3.05, 3.63) is 59.6 Å². The maximum Gasteiger partial charge on any atom is 0.291 e. The third-order valence-electron chi connectivity index (χ3n) is 8.47. The molecule has 1 saturated carbocycles. The third-order valence-corrected chi connectivity index (χ3v) is 8.47. The fraction of sp³-hybridized carbons (Fsp3) is 0.552. The number of rotatable bonds is 9. The Morgan fingerprint density at radius 1 is 1.18 bits per heavy atom. The first-order chi connectivity index (χ1) is 19.4. The molecule has 11 heteroatoms. The lowest BCUT2D eigenvalue weighted by atomic mass is 9.80. The summed E-state index contributed by atoms with van der Waals surface area (Å²) in [7, 11) is 1.71. The van der Waals surface area contributed by atoms with Crippen LogP contribution in [0.3, 0.4) is 0 Å². The van der Waals surface area contributed by atoms with Crippen molar-refractivity contribution >= 4 is 17.6 Å². The van der Waals surface area contributed by atoms with Crippen LogP contribution in [-0.2, 0) is 29.0 Å². The average Bonchev–Trinajstić information content (AvgIpc) is 3.66. The zero-order valence-corrected chi connectivity index (χ0v) is 22.8. The van der Waals surface area contributed by atoms with Crippen LogP contribution in [0.1, 0.15) is 66.8 Å². The number of likely N-dealkylation sites (N-methyl/N-ethyl adjacent to an activating group) is 1. The first-order valence-electron chi connectivity index (χ1n) is 14.3. The molecule has 2 fully saturated rings. The first-order valence-corrected chi connectivity index (χ1v) is 14.3. The second-order valence-electron chi connectivity index (χ2n) is 11.4. The number of nitrogens with zero attached hydrogens (tertiary/aromatic N) is 6. The number of fused-ring (bicyclic) bond motifs is 3. The van der Waals surface area contributed by atoms with Crippen LogP contribution in [0.4, 0.5) is 10.2 Å². The number of carbonyl (C=O) groups is 2.